The van der Waals surface area contributed by atoms with Crippen molar-refractivity contribution in [3.8, 4) is 0 Å². The summed E-state index contributed by atoms with van der Waals surface area (Å²) in [6.07, 6.45) is 2.93. The molecule has 2 nitrogen and oxygen atoms in total. The van der Waals surface area contributed by atoms with Gasteiger partial charge in [-0.2, -0.15) is 0 Å². The Balaban J connectivity index is 2.61. The highest BCUT2D eigenvalue weighted by molar-refractivity contribution is 5.67. The van der Waals surface area contributed by atoms with E-state index in [1.165, 1.54) is 11.5 Å². The van der Waals surface area contributed by atoms with E-state index < -0.39 is 5.97 Å². The van der Waals surface area contributed by atoms with Crippen LogP contribution >= 0.6 is 0 Å². The molecule has 0 amide bonds. The van der Waals surface area contributed by atoms with Crippen LogP contribution in [0.5, 0.6) is 0 Å². The molecule has 1 N–H and O–H groups in total. The smallest absolute Gasteiger partial charge is 0.303 e. The van der Waals surface area contributed by atoms with E-state index in [2.05, 4.69) is 6.92 Å². The predicted molar refractivity (Wildman–Crippen MR) is 60.6 cm³/mol. The first-order chi connectivity index (χ1) is 7.24. The fourth-order valence-corrected chi connectivity index (χ4v) is 1.65. The molecule has 15 heavy (non-hydrogen) atoms. The Hall–Kier alpha value is -1.31. The highest BCUT2D eigenvalue weighted by Gasteiger charge is 2.12. The SMILES string of the molecule is CCC[C](CCC(=O)O)c1ccccc1. The molecule has 0 saturated heterocycles. The van der Waals surface area contributed by atoms with Crippen LogP contribution in [0.1, 0.15) is 38.2 Å². The summed E-state index contributed by atoms with van der Waals surface area (Å²) < 4.78 is 0. The summed E-state index contributed by atoms with van der Waals surface area (Å²) in [5.74, 6) is 0.528. The van der Waals surface area contributed by atoms with Crippen molar-refractivity contribution < 1.29 is 9.90 Å². The summed E-state index contributed by atoms with van der Waals surface area (Å²) in [7, 11) is 0. The first-order valence-electron chi connectivity index (χ1n) is 5.36. The number of aliphatic carboxylic acids is 1. The third-order valence-electron chi connectivity index (χ3n) is 2.37. The van der Waals surface area contributed by atoms with Gasteiger partial charge in [0.05, 0.1) is 0 Å². The maximum Gasteiger partial charge on any atom is 0.303 e. The van der Waals surface area contributed by atoms with E-state index >= 15 is 0 Å². The first-order valence-corrected chi connectivity index (χ1v) is 5.36. The Kier molecular flexibility index (Phi) is 4.88. The number of hydrogen-bond donors (Lipinski definition) is 1. The molecule has 1 rings (SSSR count). The van der Waals surface area contributed by atoms with Gasteiger partial charge >= 0.3 is 5.97 Å². The number of rotatable bonds is 6. The van der Waals surface area contributed by atoms with Crippen LogP contribution in [0.25, 0.3) is 0 Å². The lowest BCUT2D eigenvalue weighted by Gasteiger charge is -2.14. The molecule has 0 bridgehead atoms. The maximum absolute atomic E-state index is 10.5. The molecule has 0 fully saturated rings. The minimum absolute atomic E-state index is 0.226. The van der Waals surface area contributed by atoms with Crippen molar-refractivity contribution in [2.45, 2.75) is 32.6 Å². The maximum atomic E-state index is 10.5. The first kappa shape index (κ1) is 11.8. The summed E-state index contributed by atoms with van der Waals surface area (Å²) in [5.41, 5.74) is 1.18. The molecule has 1 aromatic carbocycles. The quantitative estimate of drug-likeness (QED) is 0.773. The summed E-state index contributed by atoms with van der Waals surface area (Å²) in [6, 6.07) is 10.1. The van der Waals surface area contributed by atoms with Crippen molar-refractivity contribution in [2.75, 3.05) is 0 Å². The number of carboxylic acid groups (broad SMARTS) is 1. The second kappa shape index (κ2) is 6.23. The highest BCUT2D eigenvalue weighted by Crippen LogP contribution is 2.24. The summed E-state index contributed by atoms with van der Waals surface area (Å²) in [5, 5.41) is 8.66. The third kappa shape index (κ3) is 4.15. The van der Waals surface area contributed by atoms with Gasteiger partial charge in [-0.25, -0.2) is 0 Å². The van der Waals surface area contributed by atoms with Gasteiger partial charge in [0.2, 0.25) is 0 Å². The van der Waals surface area contributed by atoms with E-state index in [0.29, 0.717) is 6.42 Å². The molecule has 0 unspecified atom stereocenters. The molecule has 0 aliphatic carbocycles. The van der Waals surface area contributed by atoms with E-state index in [4.69, 9.17) is 5.11 Å². The molecule has 0 spiro atoms. The van der Waals surface area contributed by atoms with Gasteiger partial charge in [-0.05, 0) is 18.4 Å². The van der Waals surface area contributed by atoms with Crippen molar-refractivity contribution >= 4 is 5.97 Å². The molecule has 0 atom stereocenters. The number of carbonyl (C=O) groups is 1. The average molecular weight is 205 g/mol. The zero-order chi connectivity index (χ0) is 11.1. The van der Waals surface area contributed by atoms with Gasteiger partial charge < -0.3 is 5.11 Å². The van der Waals surface area contributed by atoms with Crippen LogP contribution in [0, 0.1) is 5.92 Å². The Morgan fingerprint density at radius 1 is 1.13 bits per heavy atom. The monoisotopic (exact) mass is 205 g/mol. The van der Waals surface area contributed by atoms with Crippen molar-refractivity contribution in [3.63, 3.8) is 0 Å². The normalized spacial score (nSPS) is 10.5. The Morgan fingerprint density at radius 3 is 2.33 bits per heavy atom. The Labute approximate surface area is 90.9 Å². The van der Waals surface area contributed by atoms with E-state index in [1.807, 2.05) is 30.3 Å². The van der Waals surface area contributed by atoms with Crippen LogP contribution in [0.3, 0.4) is 0 Å². The van der Waals surface area contributed by atoms with E-state index in [-0.39, 0.29) is 6.42 Å². The van der Waals surface area contributed by atoms with Crippen molar-refractivity contribution in [1.29, 1.82) is 0 Å². The minimum atomic E-state index is -0.723. The van der Waals surface area contributed by atoms with Gasteiger partial charge in [0.25, 0.3) is 0 Å². The number of hydrogen-bond acceptors (Lipinski definition) is 1. The van der Waals surface area contributed by atoms with Gasteiger partial charge in [0.15, 0.2) is 0 Å². The van der Waals surface area contributed by atoms with Gasteiger partial charge in [0.1, 0.15) is 0 Å². The molecule has 1 aromatic rings. The molecular weight excluding hydrogens is 188 g/mol. The standard InChI is InChI=1S/C13H17O2/c1-2-6-11(9-10-13(14)15)12-7-4-3-5-8-12/h3-5,7-8H,2,6,9-10H2,1H3,(H,14,15). The van der Waals surface area contributed by atoms with Crippen molar-refractivity contribution in [1.82, 2.24) is 0 Å². The van der Waals surface area contributed by atoms with Crippen molar-refractivity contribution in [2.24, 2.45) is 0 Å². The predicted octanol–water partition coefficient (Wildman–Crippen LogP) is 3.27. The summed E-state index contributed by atoms with van der Waals surface area (Å²) >= 11 is 0. The van der Waals surface area contributed by atoms with E-state index in [1.54, 1.807) is 0 Å². The van der Waals surface area contributed by atoms with Crippen LogP contribution in [0.2, 0.25) is 0 Å². The van der Waals surface area contributed by atoms with Crippen LogP contribution < -0.4 is 0 Å². The molecule has 81 valence electrons. The van der Waals surface area contributed by atoms with E-state index in [0.717, 1.165) is 12.8 Å². The summed E-state index contributed by atoms with van der Waals surface area (Å²) in [4.78, 5) is 10.5. The van der Waals surface area contributed by atoms with Crippen LogP contribution in [-0.2, 0) is 4.79 Å². The lowest BCUT2D eigenvalue weighted by atomic mass is 9.90. The van der Waals surface area contributed by atoms with Crippen molar-refractivity contribution in [3.05, 3.63) is 41.8 Å². The number of carboxylic acids is 1. The molecule has 0 aliphatic heterocycles. The fraction of sp³-hybridized carbons (Fsp3) is 0.385. The lowest BCUT2D eigenvalue weighted by molar-refractivity contribution is -0.137. The zero-order valence-corrected chi connectivity index (χ0v) is 9.07. The molecule has 0 heterocycles. The lowest BCUT2D eigenvalue weighted by Crippen LogP contribution is -2.04. The van der Waals surface area contributed by atoms with Crippen LogP contribution in [0.15, 0.2) is 30.3 Å². The fourth-order valence-electron chi connectivity index (χ4n) is 1.65. The van der Waals surface area contributed by atoms with E-state index in [9.17, 15) is 4.79 Å². The van der Waals surface area contributed by atoms with Gasteiger partial charge in [-0.3, -0.25) is 4.79 Å². The summed E-state index contributed by atoms with van der Waals surface area (Å²) in [6.45, 7) is 2.11. The largest absolute Gasteiger partial charge is 0.481 e. The Bertz CT molecular complexity index is 293. The number of benzene rings is 1. The molecule has 0 aromatic heterocycles. The van der Waals surface area contributed by atoms with Crippen LogP contribution in [0.4, 0.5) is 0 Å². The second-order valence-electron chi connectivity index (χ2n) is 3.61. The van der Waals surface area contributed by atoms with Crippen LogP contribution in [-0.4, -0.2) is 11.1 Å². The van der Waals surface area contributed by atoms with Gasteiger partial charge in [0, 0.05) is 12.3 Å². The second-order valence-corrected chi connectivity index (χ2v) is 3.61. The highest BCUT2D eigenvalue weighted by atomic mass is 16.4. The van der Waals surface area contributed by atoms with Gasteiger partial charge in [-0.1, -0.05) is 43.7 Å². The third-order valence-corrected chi connectivity index (χ3v) is 2.37. The Morgan fingerprint density at radius 2 is 1.80 bits per heavy atom. The molecule has 2 heteroatoms. The van der Waals surface area contributed by atoms with Gasteiger partial charge in [-0.15, -0.1) is 0 Å². The molecular formula is C13H17O2. The average Bonchev–Trinajstić information content (AvgIpc) is 2.25. The molecule has 0 saturated carbocycles. The zero-order valence-electron chi connectivity index (χ0n) is 9.07. The topological polar surface area (TPSA) is 37.3 Å². The minimum Gasteiger partial charge on any atom is -0.481 e. The molecule has 1 radical (unpaired) electrons. The molecule has 0 aliphatic rings.